The summed E-state index contributed by atoms with van der Waals surface area (Å²) in [5, 5.41) is 9.42. The molecule has 1 atom stereocenters. The van der Waals surface area contributed by atoms with Crippen molar-refractivity contribution in [1.29, 1.82) is 0 Å². The Hall–Kier alpha value is -1.28. The van der Waals surface area contributed by atoms with Gasteiger partial charge in [0.2, 0.25) is 5.89 Å². The lowest BCUT2D eigenvalue weighted by atomic mass is 10.2. The molecule has 1 aromatic heterocycles. The summed E-state index contributed by atoms with van der Waals surface area (Å²) >= 11 is 8.60. The van der Waals surface area contributed by atoms with Gasteiger partial charge in [0.15, 0.2) is 0 Å². The number of benzene rings is 1. The number of aromatic nitrogens is 2. The molecule has 4 nitrogen and oxygen atoms in total. The molecule has 1 aromatic carbocycles. The van der Waals surface area contributed by atoms with Crippen molar-refractivity contribution in [2.45, 2.75) is 18.5 Å². The summed E-state index contributed by atoms with van der Waals surface area (Å²) in [6.45, 7) is 1.64. The van der Waals surface area contributed by atoms with E-state index in [2.05, 4.69) is 31.4 Å². The normalized spacial score (nSPS) is 13.3. The van der Waals surface area contributed by atoms with Gasteiger partial charge in [-0.2, -0.15) is 13.2 Å². The first-order valence-electron chi connectivity index (χ1n) is 5.38. The lowest BCUT2D eigenvalue weighted by molar-refractivity contribution is -0.138. The molecule has 1 unspecified atom stereocenters. The van der Waals surface area contributed by atoms with E-state index < -0.39 is 17.1 Å². The Morgan fingerprint density at radius 1 is 1.35 bits per heavy atom. The summed E-state index contributed by atoms with van der Waals surface area (Å²) in [7, 11) is 0. The van der Waals surface area contributed by atoms with E-state index in [0.717, 1.165) is 6.07 Å². The molecular formula is C11H8BrClF3N3O. The fourth-order valence-electron chi connectivity index (χ4n) is 1.39. The van der Waals surface area contributed by atoms with Crippen molar-refractivity contribution >= 4 is 39.2 Å². The highest BCUT2D eigenvalue weighted by molar-refractivity contribution is 9.10. The van der Waals surface area contributed by atoms with E-state index in [0.29, 0.717) is 0 Å². The number of anilines is 2. The first-order chi connectivity index (χ1) is 9.27. The van der Waals surface area contributed by atoms with Gasteiger partial charge in [-0.05, 0) is 25.1 Å². The van der Waals surface area contributed by atoms with Gasteiger partial charge >= 0.3 is 12.2 Å². The largest absolute Gasteiger partial charge is 0.417 e. The minimum absolute atomic E-state index is 0.0250. The third-order valence-electron chi connectivity index (χ3n) is 2.30. The fraction of sp³-hybridized carbons (Fsp3) is 0.273. The second kappa shape index (κ2) is 5.61. The average Bonchev–Trinajstić information content (AvgIpc) is 2.79. The molecule has 2 rings (SSSR count). The van der Waals surface area contributed by atoms with Crippen LogP contribution in [0.1, 0.15) is 23.8 Å². The van der Waals surface area contributed by atoms with Crippen LogP contribution >= 0.6 is 27.5 Å². The van der Waals surface area contributed by atoms with Gasteiger partial charge in [-0.3, -0.25) is 0 Å². The summed E-state index contributed by atoms with van der Waals surface area (Å²) < 4.78 is 43.4. The Balaban J connectivity index is 2.25. The van der Waals surface area contributed by atoms with Crippen molar-refractivity contribution in [3.63, 3.8) is 0 Å². The minimum atomic E-state index is -4.46. The van der Waals surface area contributed by atoms with Gasteiger partial charge in [0, 0.05) is 10.2 Å². The molecule has 20 heavy (non-hydrogen) atoms. The van der Waals surface area contributed by atoms with Gasteiger partial charge in [0.05, 0.1) is 5.56 Å². The molecule has 0 aliphatic rings. The zero-order valence-electron chi connectivity index (χ0n) is 10.0. The predicted molar refractivity (Wildman–Crippen MR) is 71.0 cm³/mol. The molecule has 108 valence electrons. The van der Waals surface area contributed by atoms with Crippen molar-refractivity contribution in [1.82, 2.24) is 10.2 Å². The number of halogens is 5. The number of nitrogens with one attached hydrogen (secondary N) is 1. The second-order valence-corrected chi connectivity index (χ2v) is 5.39. The van der Waals surface area contributed by atoms with Gasteiger partial charge in [0.25, 0.3) is 0 Å². The first-order valence-corrected chi connectivity index (χ1v) is 6.61. The predicted octanol–water partition coefficient (Wildman–Crippen LogP) is 4.89. The Bertz CT molecular complexity index is 615. The molecule has 0 fully saturated rings. The summed E-state index contributed by atoms with van der Waals surface area (Å²) in [4.78, 5) is 0. The van der Waals surface area contributed by atoms with Crippen molar-refractivity contribution in [3.8, 4) is 0 Å². The number of hydrogen-bond acceptors (Lipinski definition) is 4. The topological polar surface area (TPSA) is 51.0 Å². The van der Waals surface area contributed by atoms with E-state index in [1.165, 1.54) is 12.1 Å². The summed E-state index contributed by atoms with van der Waals surface area (Å²) in [6.07, 6.45) is -4.46. The van der Waals surface area contributed by atoms with Gasteiger partial charge in [-0.25, -0.2) is 0 Å². The van der Waals surface area contributed by atoms with Crippen molar-refractivity contribution < 1.29 is 17.6 Å². The van der Waals surface area contributed by atoms with E-state index >= 15 is 0 Å². The maximum absolute atomic E-state index is 12.8. The highest BCUT2D eigenvalue weighted by atomic mass is 79.9. The molecule has 1 N–H and O–H groups in total. The smallest absolute Gasteiger partial charge is 0.406 e. The van der Waals surface area contributed by atoms with E-state index in [4.69, 9.17) is 16.0 Å². The van der Waals surface area contributed by atoms with Gasteiger partial charge in [-0.15, -0.1) is 16.7 Å². The lowest BCUT2D eigenvalue weighted by Crippen LogP contribution is -2.06. The Morgan fingerprint density at radius 2 is 2.05 bits per heavy atom. The molecule has 0 saturated carbocycles. The van der Waals surface area contributed by atoms with Gasteiger partial charge in [0.1, 0.15) is 5.38 Å². The maximum atomic E-state index is 12.8. The quantitative estimate of drug-likeness (QED) is 0.781. The molecule has 0 saturated heterocycles. The van der Waals surface area contributed by atoms with Crippen molar-refractivity contribution in [3.05, 3.63) is 34.1 Å². The third-order valence-corrected chi connectivity index (χ3v) is 3.18. The number of nitrogens with zero attached hydrogens (tertiary/aromatic N) is 2. The summed E-state index contributed by atoms with van der Waals surface area (Å²) in [5.41, 5.74) is -0.620. The summed E-state index contributed by atoms with van der Waals surface area (Å²) in [5.74, 6) is 0.183. The number of alkyl halides is 4. The third kappa shape index (κ3) is 3.43. The number of rotatable bonds is 3. The first kappa shape index (κ1) is 15.1. The van der Waals surface area contributed by atoms with Gasteiger partial charge in [-0.1, -0.05) is 21.0 Å². The standard InChI is InChI=1S/C11H8BrClF3N3O/c1-5(13)9-18-19-10(20-9)17-6-2-3-8(12)7(4-6)11(14,15)16/h2-5H,1H3,(H,17,19). The van der Waals surface area contributed by atoms with Crippen LogP contribution in [0.3, 0.4) is 0 Å². The van der Waals surface area contributed by atoms with E-state index in [1.54, 1.807) is 6.92 Å². The Kier molecular flexibility index (Phi) is 4.24. The highest BCUT2D eigenvalue weighted by Crippen LogP contribution is 2.36. The molecule has 1 heterocycles. The molecule has 0 aliphatic carbocycles. The molecule has 0 spiro atoms. The Morgan fingerprint density at radius 3 is 2.60 bits per heavy atom. The van der Waals surface area contributed by atoms with Gasteiger partial charge < -0.3 is 9.73 Å². The highest BCUT2D eigenvalue weighted by Gasteiger charge is 2.33. The minimum Gasteiger partial charge on any atom is -0.406 e. The zero-order chi connectivity index (χ0) is 14.9. The molecule has 0 aliphatic heterocycles. The van der Waals surface area contributed by atoms with Crippen molar-refractivity contribution in [2.75, 3.05) is 5.32 Å². The van der Waals surface area contributed by atoms with Crippen LogP contribution < -0.4 is 5.32 Å². The van der Waals surface area contributed by atoms with Crippen LogP contribution in [0.25, 0.3) is 0 Å². The number of hydrogen-bond donors (Lipinski definition) is 1. The van der Waals surface area contributed by atoms with Crippen LogP contribution in [-0.2, 0) is 6.18 Å². The van der Waals surface area contributed by atoms with Crippen LogP contribution in [0.2, 0.25) is 0 Å². The van der Waals surface area contributed by atoms with Crippen molar-refractivity contribution in [2.24, 2.45) is 0 Å². The molecule has 0 radical (unpaired) electrons. The zero-order valence-corrected chi connectivity index (χ0v) is 12.3. The van der Waals surface area contributed by atoms with Crippen LogP contribution in [0.5, 0.6) is 0 Å². The average molecular weight is 371 g/mol. The van der Waals surface area contributed by atoms with E-state index in [-0.39, 0.29) is 22.1 Å². The molecule has 9 heteroatoms. The molecular weight excluding hydrogens is 362 g/mol. The molecule has 0 amide bonds. The SMILES string of the molecule is CC(Cl)c1nnc(Nc2ccc(Br)c(C(F)(F)F)c2)o1. The van der Waals surface area contributed by atoms with E-state index in [9.17, 15) is 13.2 Å². The van der Waals surface area contributed by atoms with Crippen LogP contribution in [0.4, 0.5) is 24.9 Å². The molecule has 0 bridgehead atoms. The maximum Gasteiger partial charge on any atom is 0.417 e. The lowest BCUT2D eigenvalue weighted by Gasteiger charge is -2.10. The van der Waals surface area contributed by atoms with E-state index in [1.807, 2.05) is 0 Å². The Labute approximate surface area is 125 Å². The summed E-state index contributed by atoms with van der Waals surface area (Å²) in [6, 6.07) is 3.65. The molecule has 2 aromatic rings. The monoisotopic (exact) mass is 369 g/mol. The van der Waals surface area contributed by atoms with Crippen LogP contribution in [-0.4, -0.2) is 10.2 Å². The van der Waals surface area contributed by atoms with Crippen LogP contribution in [0.15, 0.2) is 27.1 Å². The second-order valence-electron chi connectivity index (χ2n) is 3.88. The fourth-order valence-corrected chi connectivity index (χ4v) is 1.95. The van der Waals surface area contributed by atoms with Crippen LogP contribution in [0, 0.1) is 0 Å².